The van der Waals surface area contributed by atoms with Gasteiger partial charge >= 0.3 is 0 Å². The average Bonchev–Trinajstić information content (AvgIpc) is 3.06. The Hall–Kier alpha value is -1.43. The Labute approximate surface area is 99.7 Å². The molecule has 1 unspecified atom stereocenters. The van der Waals surface area contributed by atoms with E-state index in [0.29, 0.717) is 5.92 Å². The molecular weight excluding hydrogens is 222 g/mol. The zero-order valence-electron chi connectivity index (χ0n) is 9.86. The van der Waals surface area contributed by atoms with Gasteiger partial charge in [-0.15, -0.1) is 0 Å². The lowest BCUT2D eigenvalue weighted by Crippen LogP contribution is -2.44. The summed E-state index contributed by atoms with van der Waals surface area (Å²) in [7, 11) is 1.43. The van der Waals surface area contributed by atoms with Gasteiger partial charge in [0.2, 0.25) is 11.8 Å². The maximum absolute atomic E-state index is 11.5. The van der Waals surface area contributed by atoms with Gasteiger partial charge in [0.1, 0.15) is 6.04 Å². The lowest BCUT2D eigenvalue weighted by molar-refractivity contribution is -0.138. The second kappa shape index (κ2) is 4.83. The molecule has 6 nitrogen and oxygen atoms in total. The van der Waals surface area contributed by atoms with Crippen LogP contribution >= 0.6 is 0 Å². The lowest BCUT2D eigenvalue weighted by Gasteiger charge is -2.11. The maximum atomic E-state index is 11.5. The molecule has 0 aromatic heterocycles. The SMILES string of the molecule is CN1C(=O)CC(NC(=O)CNCC2CC2)C1=O. The van der Waals surface area contributed by atoms with Gasteiger partial charge in [-0.25, -0.2) is 0 Å². The molecule has 0 radical (unpaired) electrons. The first-order valence-corrected chi connectivity index (χ1v) is 5.88. The Morgan fingerprint density at radius 2 is 2.12 bits per heavy atom. The van der Waals surface area contributed by atoms with E-state index in [4.69, 9.17) is 0 Å². The molecule has 0 bridgehead atoms. The number of likely N-dealkylation sites (tertiary alicyclic amines) is 1. The van der Waals surface area contributed by atoms with E-state index in [1.165, 1.54) is 19.9 Å². The Balaban J connectivity index is 1.70. The number of carbonyl (C=O) groups is 3. The zero-order chi connectivity index (χ0) is 12.4. The molecule has 0 spiro atoms. The molecule has 1 heterocycles. The van der Waals surface area contributed by atoms with Crippen molar-refractivity contribution in [1.29, 1.82) is 0 Å². The van der Waals surface area contributed by atoms with Crippen LogP contribution in [0.4, 0.5) is 0 Å². The molecule has 2 aliphatic rings. The van der Waals surface area contributed by atoms with Gasteiger partial charge in [0.15, 0.2) is 0 Å². The smallest absolute Gasteiger partial charge is 0.252 e. The van der Waals surface area contributed by atoms with Crippen LogP contribution in [0.2, 0.25) is 0 Å². The third-order valence-corrected chi connectivity index (χ3v) is 3.13. The summed E-state index contributed by atoms with van der Waals surface area (Å²) in [6, 6.07) is -0.678. The molecule has 3 amide bonds. The third kappa shape index (κ3) is 3.03. The number of hydrogen-bond acceptors (Lipinski definition) is 4. The molecule has 1 saturated heterocycles. The molecule has 2 fully saturated rings. The molecule has 0 aromatic rings. The first-order chi connectivity index (χ1) is 8.08. The highest BCUT2D eigenvalue weighted by Gasteiger charge is 2.36. The highest BCUT2D eigenvalue weighted by atomic mass is 16.2. The number of carbonyl (C=O) groups excluding carboxylic acids is 3. The van der Waals surface area contributed by atoms with Crippen molar-refractivity contribution in [2.45, 2.75) is 25.3 Å². The number of imide groups is 1. The van der Waals surface area contributed by atoms with E-state index in [-0.39, 0.29) is 30.7 Å². The van der Waals surface area contributed by atoms with Crippen molar-refractivity contribution < 1.29 is 14.4 Å². The molecule has 1 atom stereocenters. The number of nitrogens with zero attached hydrogens (tertiary/aromatic N) is 1. The predicted octanol–water partition coefficient (Wildman–Crippen LogP) is -1.14. The first-order valence-electron chi connectivity index (χ1n) is 5.88. The van der Waals surface area contributed by atoms with Crippen LogP contribution in [-0.2, 0) is 14.4 Å². The monoisotopic (exact) mass is 239 g/mol. The Bertz CT molecular complexity index is 352. The molecule has 1 aliphatic heterocycles. The van der Waals surface area contributed by atoms with Crippen LogP contribution in [0.3, 0.4) is 0 Å². The topological polar surface area (TPSA) is 78.5 Å². The van der Waals surface area contributed by atoms with E-state index in [2.05, 4.69) is 10.6 Å². The number of rotatable bonds is 5. The van der Waals surface area contributed by atoms with E-state index < -0.39 is 6.04 Å². The fourth-order valence-corrected chi connectivity index (χ4v) is 1.83. The van der Waals surface area contributed by atoms with Crippen molar-refractivity contribution in [3.63, 3.8) is 0 Å². The first kappa shape index (κ1) is 12.0. The third-order valence-electron chi connectivity index (χ3n) is 3.13. The van der Waals surface area contributed by atoms with Gasteiger partial charge in [-0.3, -0.25) is 19.3 Å². The van der Waals surface area contributed by atoms with Gasteiger partial charge < -0.3 is 10.6 Å². The molecule has 1 saturated carbocycles. The minimum absolute atomic E-state index is 0.0731. The molecule has 6 heteroatoms. The molecule has 2 N–H and O–H groups in total. The molecule has 1 aliphatic carbocycles. The van der Waals surface area contributed by atoms with Crippen LogP contribution in [0, 0.1) is 5.92 Å². The summed E-state index contributed by atoms with van der Waals surface area (Å²) in [4.78, 5) is 35.3. The largest absolute Gasteiger partial charge is 0.343 e. The van der Waals surface area contributed by atoms with Crippen LogP contribution in [0.5, 0.6) is 0 Å². The second-order valence-electron chi connectivity index (χ2n) is 4.69. The second-order valence-corrected chi connectivity index (χ2v) is 4.69. The van der Waals surface area contributed by atoms with Crippen LogP contribution in [0.25, 0.3) is 0 Å². The average molecular weight is 239 g/mol. The summed E-state index contributed by atoms with van der Waals surface area (Å²) in [6.45, 7) is 1.06. The molecular formula is C11H17N3O3. The number of hydrogen-bond donors (Lipinski definition) is 2. The zero-order valence-corrected chi connectivity index (χ0v) is 9.86. The van der Waals surface area contributed by atoms with Gasteiger partial charge in [-0.05, 0) is 25.3 Å². The normalized spacial score (nSPS) is 24.3. The van der Waals surface area contributed by atoms with E-state index in [1.807, 2.05) is 0 Å². The van der Waals surface area contributed by atoms with Crippen LogP contribution in [0.15, 0.2) is 0 Å². The summed E-state index contributed by atoms with van der Waals surface area (Å²) in [6.07, 6.45) is 2.54. The molecule has 2 rings (SSSR count). The summed E-state index contributed by atoms with van der Waals surface area (Å²) in [5, 5.41) is 5.61. The molecule has 17 heavy (non-hydrogen) atoms. The highest BCUT2D eigenvalue weighted by Crippen LogP contribution is 2.27. The quantitative estimate of drug-likeness (QED) is 0.594. The lowest BCUT2D eigenvalue weighted by atomic mass is 10.2. The number of likely N-dealkylation sites (N-methyl/N-ethyl adjacent to an activating group) is 1. The van der Waals surface area contributed by atoms with Crippen molar-refractivity contribution in [3.05, 3.63) is 0 Å². The van der Waals surface area contributed by atoms with Crippen LogP contribution in [-0.4, -0.2) is 48.8 Å². The van der Waals surface area contributed by atoms with Crippen molar-refractivity contribution in [2.75, 3.05) is 20.1 Å². The Morgan fingerprint density at radius 1 is 1.41 bits per heavy atom. The van der Waals surface area contributed by atoms with E-state index in [9.17, 15) is 14.4 Å². The Kier molecular flexibility index (Phi) is 3.42. The fourth-order valence-electron chi connectivity index (χ4n) is 1.83. The van der Waals surface area contributed by atoms with Crippen molar-refractivity contribution in [3.8, 4) is 0 Å². The van der Waals surface area contributed by atoms with Gasteiger partial charge in [0.25, 0.3) is 5.91 Å². The maximum Gasteiger partial charge on any atom is 0.252 e. The van der Waals surface area contributed by atoms with Gasteiger partial charge in [0.05, 0.1) is 13.0 Å². The minimum Gasteiger partial charge on any atom is -0.343 e. The van der Waals surface area contributed by atoms with E-state index in [0.717, 1.165) is 11.4 Å². The van der Waals surface area contributed by atoms with Crippen LogP contribution in [0.1, 0.15) is 19.3 Å². The number of nitrogens with one attached hydrogen (secondary N) is 2. The minimum atomic E-state index is -0.678. The summed E-state index contributed by atoms with van der Waals surface area (Å²) in [5.74, 6) is -0.0903. The van der Waals surface area contributed by atoms with Crippen molar-refractivity contribution in [1.82, 2.24) is 15.5 Å². The van der Waals surface area contributed by atoms with Crippen molar-refractivity contribution in [2.24, 2.45) is 5.92 Å². The van der Waals surface area contributed by atoms with E-state index >= 15 is 0 Å². The van der Waals surface area contributed by atoms with Crippen molar-refractivity contribution >= 4 is 17.7 Å². The summed E-state index contributed by atoms with van der Waals surface area (Å²) in [5.41, 5.74) is 0. The number of amides is 3. The standard InChI is InChI=1S/C11H17N3O3/c1-14-10(16)4-8(11(14)17)13-9(15)6-12-5-7-2-3-7/h7-8,12H,2-6H2,1H3,(H,13,15). The summed E-state index contributed by atoms with van der Waals surface area (Å²) >= 11 is 0. The van der Waals surface area contributed by atoms with E-state index in [1.54, 1.807) is 0 Å². The fraction of sp³-hybridized carbons (Fsp3) is 0.727. The molecule has 94 valence electrons. The van der Waals surface area contributed by atoms with Crippen LogP contribution < -0.4 is 10.6 Å². The Morgan fingerprint density at radius 3 is 2.65 bits per heavy atom. The van der Waals surface area contributed by atoms with Gasteiger partial charge in [-0.2, -0.15) is 0 Å². The van der Waals surface area contributed by atoms with Gasteiger partial charge in [-0.1, -0.05) is 0 Å². The molecule has 0 aromatic carbocycles. The summed E-state index contributed by atoms with van der Waals surface area (Å²) < 4.78 is 0. The highest BCUT2D eigenvalue weighted by molar-refractivity contribution is 6.06. The van der Waals surface area contributed by atoms with Gasteiger partial charge in [0, 0.05) is 7.05 Å². The predicted molar refractivity (Wildman–Crippen MR) is 59.9 cm³/mol.